The molecule has 0 aliphatic carbocycles. The number of hydrogen-bond donors (Lipinski definition) is 2. The van der Waals surface area contributed by atoms with E-state index in [9.17, 15) is 35.5 Å². The molecule has 180 valence electrons. The van der Waals surface area contributed by atoms with Crippen LogP contribution in [0.4, 0.5) is 42.5 Å². The Morgan fingerprint density at radius 1 is 0.886 bits per heavy atom. The van der Waals surface area contributed by atoms with Crippen LogP contribution in [0.5, 0.6) is 0 Å². The number of ketones is 1. The lowest BCUT2D eigenvalue weighted by Crippen LogP contribution is -2.56. The second kappa shape index (κ2) is 7.38. The van der Waals surface area contributed by atoms with E-state index >= 15 is 0 Å². The van der Waals surface area contributed by atoms with Gasteiger partial charge in [0.2, 0.25) is 17.5 Å². The predicted octanol–water partition coefficient (Wildman–Crippen LogP) is 5.52. The van der Waals surface area contributed by atoms with Crippen molar-refractivity contribution >= 4 is 45.4 Å². The predicted molar refractivity (Wildman–Crippen MR) is 110 cm³/mol. The molecule has 0 saturated heterocycles. The number of para-hydroxylation sites is 4. The van der Waals surface area contributed by atoms with Gasteiger partial charge in [-0.3, -0.25) is 9.20 Å². The first kappa shape index (κ1) is 22.6. The number of H-pyrrole nitrogens is 1. The Morgan fingerprint density at radius 2 is 1.54 bits per heavy atom. The first-order valence-electron chi connectivity index (χ1n) is 9.77. The molecule has 14 heteroatoms. The maximum Gasteiger partial charge on any atom is 0.460 e. The standard InChI is InChI=1S/C21H11F7N6O/c22-19(23,20(24,25)21(26,27)28)15(35)10-9-29-18-32-13-7-3-4-8-14(13)34(18)16(10)33-17-30-11-5-1-2-6-12(11)31-17/h1-9H,(H2,30,31,33). The SMILES string of the molecule is O=C(c1cnc2nc3ccccc3n2c1Nc1nc2ccccc2[nH]1)C(F)(F)C(F)(F)C(F)(F)F. The van der Waals surface area contributed by atoms with Gasteiger partial charge in [0.05, 0.1) is 27.6 Å². The van der Waals surface area contributed by atoms with Gasteiger partial charge in [0.15, 0.2) is 0 Å². The van der Waals surface area contributed by atoms with Crippen LogP contribution in [0.15, 0.2) is 54.7 Å². The molecule has 35 heavy (non-hydrogen) atoms. The minimum atomic E-state index is -6.68. The van der Waals surface area contributed by atoms with E-state index in [1.54, 1.807) is 36.4 Å². The van der Waals surface area contributed by atoms with Crippen molar-refractivity contribution in [3.05, 3.63) is 60.3 Å². The Morgan fingerprint density at radius 3 is 2.23 bits per heavy atom. The third kappa shape index (κ3) is 3.35. The largest absolute Gasteiger partial charge is 0.460 e. The highest BCUT2D eigenvalue weighted by molar-refractivity contribution is 6.07. The highest BCUT2D eigenvalue weighted by Gasteiger charge is 2.76. The molecule has 5 rings (SSSR count). The van der Waals surface area contributed by atoms with E-state index in [2.05, 4.69) is 25.3 Å². The van der Waals surface area contributed by atoms with Crippen molar-refractivity contribution in [2.75, 3.05) is 5.32 Å². The monoisotopic (exact) mass is 496 g/mol. The van der Waals surface area contributed by atoms with Gasteiger partial charge in [-0.25, -0.2) is 15.0 Å². The normalized spacial score (nSPS) is 13.1. The third-order valence-electron chi connectivity index (χ3n) is 5.24. The van der Waals surface area contributed by atoms with Gasteiger partial charge in [-0.2, -0.15) is 30.7 Å². The Hall–Kier alpha value is -4.23. The van der Waals surface area contributed by atoms with Crippen LogP contribution in [0, 0.1) is 0 Å². The van der Waals surface area contributed by atoms with Crippen molar-refractivity contribution in [1.82, 2.24) is 24.3 Å². The van der Waals surface area contributed by atoms with E-state index in [0.29, 0.717) is 22.7 Å². The summed E-state index contributed by atoms with van der Waals surface area (Å²) in [5, 5.41) is 2.56. The molecule has 0 saturated carbocycles. The summed E-state index contributed by atoms with van der Waals surface area (Å²) in [6.45, 7) is 0. The second-order valence-electron chi connectivity index (χ2n) is 7.46. The van der Waals surface area contributed by atoms with E-state index in [1.807, 2.05) is 0 Å². The van der Waals surface area contributed by atoms with Crippen LogP contribution in [-0.4, -0.2) is 48.1 Å². The fourth-order valence-electron chi connectivity index (χ4n) is 3.53. The summed E-state index contributed by atoms with van der Waals surface area (Å²) >= 11 is 0. The number of nitrogens with one attached hydrogen (secondary N) is 2. The van der Waals surface area contributed by atoms with Crippen LogP contribution >= 0.6 is 0 Å². The number of rotatable bonds is 5. The zero-order valence-corrected chi connectivity index (χ0v) is 17.0. The molecular formula is C21H11F7N6O. The van der Waals surface area contributed by atoms with E-state index < -0.39 is 35.2 Å². The van der Waals surface area contributed by atoms with Gasteiger partial charge >= 0.3 is 18.0 Å². The minimum Gasteiger partial charge on any atom is -0.324 e. The number of aromatic nitrogens is 5. The third-order valence-corrected chi connectivity index (χ3v) is 5.24. The number of imidazole rings is 2. The first-order valence-corrected chi connectivity index (χ1v) is 9.77. The number of hydrogen-bond acceptors (Lipinski definition) is 5. The van der Waals surface area contributed by atoms with Gasteiger partial charge < -0.3 is 10.3 Å². The van der Waals surface area contributed by atoms with Crippen LogP contribution in [0.25, 0.3) is 27.8 Å². The summed E-state index contributed by atoms with van der Waals surface area (Å²) in [5.41, 5.74) is 0.212. The van der Waals surface area contributed by atoms with Crippen LogP contribution in [0.3, 0.4) is 0 Å². The number of fused-ring (bicyclic) bond motifs is 4. The summed E-state index contributed by atoms with van der Waals surface area (Å²) < 4.78 is 95.4. The lowest BCUT2D eigenvalue weighted by Gasteiger charge is -2.27. The van der Waals surface area contributed by atoms with E-state index in [-0.39, 0.29) is 17.2 Å². The molecule has 2 aromatic carbocycles. The van der Waals surface area contributed by atoms with Crippen LogP contribution < -0.4 is 5.32 Å². The summed E-state index contributed by atoms with van der Waals surface area (Å²) in [5.74, 6) is -16.4. The molecule has 0 amide bonds. The molecule has 0 atom stereocenters. The average molecular weight is 496 g/mol. The van der Waals surface area contributed by atoms with Crippen LogP contribution in [-0.2, 0) is 0 Å². The second-order valence-corrected chi connectivity index (χ2v) is 7.46. The minimum absolute atomic E-state index is 0.101. The lowest BCUT2D eigenvalue weighted by molar-refractivity contribution is -0.339. The van der Waals surface area contributed by atoms with Gasteiger partial charge in [0, 0.05) is 6.20 Å². The summed E-state index contributed by atoms with van der Waals surface area (Å²) in [6, 6.07) is 12.7. The zero-order chi connectivity index (χ0) is 25.2. The molecule has 3 aromatic heterocycles. The molecule has 3 heterocycles. The number of alkyl halides is 7. The van der Waals surface area contributed by atoms with Crippen molar-refractivity contribution in [3.63, 3.8) is 0 Å². The fourth-order valence-corrected chi connectivity index (χ4v) is 3.53. The maximum atomic E-state index is 14.4. The average Bonchev–Trinajstić information content (AvgIpc) is 3.38. The number of halogens is 7. The van der Waals surface area contributed by atoms with Crippen LogP contribution in [0.2, 0.25) is 0 Å². The van der Waals surface area contributed by atoms with Crippen molar-refractivity contribution in [2.45, 2.75) is 18.0 Å². The van der Waals surface area contributed by atoms with Gasteiger partial charge in [0.25, 0.3) is 0 Å². The Bertz CT molecular complexity index is 1570. The summed E-state index contributed by atoms with van der Waals surface area (Å²) in [4.78, 5) is 27.5. The van der Waals surface area contributed by atoms with Gasteiger partial charge in [-0.15, -0.1) is 0 Å². The first-order chi connectivity index (χ1) is 16.4. The molecule has 7 nitrogen and oxygen atoms in total. The number of anilines is 2. The molecule has 0 bridgehead atoms. The Labute approximate surface area is 189 Å². The van der Waals surface area contributed by atoms with Gasteiger partial charge in [-0.05, 0) is 24.3 Å². The van der Waals surface area contributed by atoms with E-state index in [1.165, 1.54) is 12.1 Å². The number of aromatic amines is 1. The Kier molecular flexibility index (Phi) is 4.76. The molecule has 0 unspecified atom stereocenters. The lowest BCUT2D eigenvalue weighted by atomic mass is 10.0. The van der Waals surface area contributed by atoms with E-state index in [4.69, 9.17) is 0 Å². The molecule has 0 spiro atoms. The molecular weight excluding hydrogens is 485 g/mol. The number of carbonyl (C=O) groups is 1. The molecule has 5 aromatic rings. The summed E-state index contributed by atoms with van der Waals surface area (Å²) in [6.07, 6.45) is -6.22. The highest BCUT2D eigenvalue weighted by Crippen LogP contribution is 2.48. The van der Waals surface area contributed by atoms with Crippen molar-refractivity contribution < 1.29 is 35.5 Å². The van der Waals surface area contributed by atoms with E-state index in [0.717, 1.165) is 4.40 Å². The molecule has 0 aliphatic rings. The fraction of sp³-hybridized carbons (Fsp3) is 0.143. The molecule has 0 aliphatic heterocycles. The number of nitrogens with zero attached hydrogens (tertiary/aromatic N) is 4. The van der Waals surface area contributed by atoms with Crippen LogP contribution in [0.1, 0.15) is 10.4 Å². The Balaban J connectivity index is 1.74. The highest BCUT2D eigenvalue weighted by atomic mass is 19.4. The molecule has 0 fully saturated rings. The molecule has 0 radical (unpaired) electrons. The van der Waals surface area contributed by atoms with Gasteiger partial charge in [-0.1, -0.05) is 24.3 Å². The molecule has 2 N–H and O–H groups in total. The maximum absolute atomic E-state index is 14.4. The smallest absolute Gasteiger partial charge is 0.324 e. The van der Waals surface area contributed by atoms with Crippen molar-refractivity contribution in [3.8, 4) is 0 Å². The summed E-state index contributed by atoms with van der Waals surface area (Å²) in [7, 11) is 0. The van der Waals surface area contributed by atoms with Crippen molar-refractivity contribution in [1.29, 1.82) is 0 Å². The zero-order valence-electron chi connectivity index (χ0n) is 17.0. The van der Waals surface area contributed by atoms with Crippen molar-refractivity contribution in [2.24, 2.45) is 0 Å². The topological polar surface area (TPSA) is 88.0 Å². The quantitative estimate of drug-likeness (QED) is 0.247. The van der Waals surface area contributed by atoms with Gasteiger partial charge in [0.1, 0.15) is 5.82 Å². The number of Topliss-reactive ketones (excluding diaryl/α,β-unsaturated/α-hetero) is 1. The number of benzene rings is 2. The number of carbonyl (C=O) groups excluding carboxylic acids is 1.